The van der Waals surface area contributed by atoms with Crippen molar-refractivity contribution in [3.05, 3.63) is 0 Å². The molecule has 96 valence electrons. The Bertz CT molecular complexity index is 192. The maximum absolute atomic E-state index is 5.72. The molecule has 1 fully saturated rings. The molecule has 0 aliphatic carbocycles. The van der Waals surface area contributed by atoms with E-state index in [1.165, 1.54) is 32.4 Å². The fourth-order valence-electron chi connectivity index (χ4n) is 2.73. The summed E-state index contributed by atoms with van der Waals surface area (Å²) >= 11 is 0. The molecule has 1 saturated heterocycles. The van der Waals surface area contributed by atoms with Gasteiger partial charge in [-0.15, -0.1) is 0 Å². The number of hydrogen-bond acceptors (Lipinski definition) is 3. The first-order valence-electron chi connectivity index (χ1n) is 6.73. The van der Waals surface area contributed by atoms with Gasteiger partial charge >= 0.3 is 0 Å². The molecule has 3 nitrogen and oxygen atoms in total. The molecule has 0 radical (unpaired) electrons. The lowest BCUT2D eigenvalue weighted by Gasteiger charge is -2.28. The van der Waals surface area contributed by atoms with Crippen LogP contribution in [-0.4, -0.2) is 43.8 Å². The SMILES string of the molecule is CCOC(CN)CN1CCC(CC)(CC)C1. The molecule has 1 rings (SSSR count). The van der Waals surface area contributed by atoms with Crippen molar-refractivity contribution in [2.45, 2.75) is 46.1 Å². The van der Waals surface area contributed by atoms with E-state index < -0.39 is 0 Å². The van der Waals surface area contributed by atoms with Gasteiger partial charge in [-0.2, -0.15) is 0 Å². The third-order valence-corrected chi connectivity index (χ3v) is 4.14. The van der Waals surface area contributed by atoms with Crippen LogP contribution in [0.2, 0.25) is 0 Å². The molecule has 0 amide bonds. The summed E-state index contributed by atoms with van der Waals surface area (Å²) in [7, 11) is 0. The van der Waals surface area contributed by atoms with Gasteiger partial charge in [0.05, 0.1) is 6.10 Å². The van der Waals surface area contributed by atoms with E-state index in [2.05, 4.69) is 18.7 Å². The number of ether oxygens (including phenoxy) is 1. The van der Waals surface area contributed by atoms with Crippen LogP contribution < -0.4 is 5.73 Å². The van der Waals surface area contributed by atoms with E-state index in [4.69, 9.17) is 10.5 Å². The molecule has 1 aliphatic heterocycles. The molecule has 16 heavy (non-hydrogen) atoms. The van der Waals surface area contributed by atoms with E-state index in [0.717, 1.165) is 13.2 Å². The standard InChI is InChI=1S/C13H28N2O/c1-4-13(5-2)7-8-15(11-13)10-12(9-14)16-6-3/h12H,4-11,14H2,1-3H3. The minimum Gasteiger partial charge on any atom is -0.376 e. The Hall–Kier alpha value is -0.120. The van der Waals surface area contributed by atoms with Crippen molar-refractivity contribution in [3.63, 3.8) is 0 Å². The first-order chi connectivity index (χ1) is 7.69. The number of likely N-dealkylation sites (tertiary alicyclic amines) is 1. The van der Waals surface area contributed by atoms with E-state index in [0.29, 0.717) is 12.0 Å². The summed E-state index contributed by atoms with van der Waals surface area (Å²) in [6.07, 6.45) is 4.14. The summed E-state index contributed by atoms with van der Waals surface area (Å²) in [6.45, 7) is 11.5. The van der Waals surface area contributed by atoms with Crippen LogP contribution >= 0.6 is 0 Å². The minimum absolute atomic E-state index is 0.217. The smallest absolute Gasteiger partial charge is 0.0823 e. The summed E-state index contributed by atoms with van der Waals surface area (Å²) in [6, 6.07) is 0. The zero-order valence-electron chi connectivity index (χ0n) is 11.2. The molecule has 0 bridgehead atoms. The average Bonchev–Trinajstić information content (AvgIpc) is 2.73. The zero-order chi connectivity index (χ0) is 12.0. The lowest BCUT2D eigenvalue weighted by Crippen LogP contribution is -2.38. The van der Waals surface area contributed by atoms with Crippen LogP contribution in [0.3, 0.4) is 0 Å². The van der Waals surface area contributed by atoms with Crippen LogP contribution in [0, 0.1) is 5.41 Å². The van der Waals surface area contributed by atoms with Crippen molar-refractivity contribution < 1.29 is 4.74 Å². The lowest BCUT2D eigenvalue weighted by atomic mass is 9.82. The van der Waals surface area contributed by atoms with Crippen molar-refractivity contribution in [1.29, 1.82) is 0 Å². The molecule has 1 atom stereocenters. The summed E-state index contributed by atoms with van der Waals surface area (Å²) in [5.74, 6) is 0. The highest BCUT2D eigenvalue weighted by Gasteiger charge is 2.35. The first-order valence-corrected chi connectivity index (χ1v) is 6.73. The number of hydrogen-bond donors (Lipinski definition) is 1. The summed E-state index contributed by atoms with van der Waals surface area (Å²) in [4.78, 5) is 2.53. The molecule has 1 aliphatic rings. The topological polar surface area (TPSA) is 38.5 Å². The van der Waals surface area contributed by atoms with E-state index in [1.807, 2.05) is 6.92 Å². The third kappa shape index (κ3) is 3.44. The maximum Gasteiger partial charge on any atom is 0.0823 e. The minimum atomic E-state index is 0.217. The maximum atomic E-state index is 5.72. The van der Waals surface area contributed by atoms with Gasteiger partial charge in [0.2, 0.25) is 0 Å². The van der Waals surface area contributed by atoms with Crippen molar-refractivity contribution >= 4 is 0 Å². The fraction of sp³-hybridized carbons (Fsp3) is 1.00. The van der Waals surface area contributed by atoms with Crippen molar-refractivity contribution in [1.82, 2.24) is 4.90 Å². The van der Waals surface area contributed by atoms with Crippen LogP contribution in [0.5, 0.6) is 0 Å². The average molecular weight is 228 g/mol. The Labute approximate surface area is 100 Å². The van der Waals surface area contributed by atoms with Gasteiger partial charge in [-0.3, -0.25) is 0 Å². The van der Waals surface area contributed by atoms with E-state index >= 15 is 0 Å². The highest BCUT2D eigenvalue weighted by Crippen LogP contribution is 2.36. The van der Waals surface area contributed by atoms with E-state index in [1.54, 1.807) is 0 Å². The Morgan fingerprint density at radius 1 is 1.31 bits per heavy atom. The molecule has 0 aromatic carbocycles. The number of rotatable bonds is 7. The van der Waals surface area contributed by atoms with Crippen molar-refractivity contribution in [2.24, 2.45) is 11.1 Å². The van der Waals surface area contributed by atoms with Gasteiger partial charge in [0, 0.05) is 26.2 Å². The second kappa shape index (κ2) is 6.58. The fourth-order valence-corrected chi connectivity index (χ4v) is 2.73. The van der Waals surface area contributed by atoms with Crippen LogP contribution in [0.15, 0.2) is 0 Å². The van der Waals surface area contributed by atoms with E-state index in [-0.39, 0.29) is 6.10 Å². The van der Waals surface area contributed by atoms with Gasteiger partial charge in [0.25, 0.3) is 0 Å². The monoisotopic (exact) mass is 228 g/mol. The normalized spacial score (nSPS) is 22.5. The second-order valence-corrected chi connectivity index (χ2v) is 5.01. The summed E-state index contributed by atoms with van der Waals surface area (Å²) in [5, 5.41) is 0. The lowest BCUT2D eigenvalue weighted by molar-refractivity contribution is 0.0417. The van der Waals surface area contributed by atoms with Gasteiger partial charge in [0.15, 0.2) is 0 Å². The molecule has 1 unspecified atom stereocenters. The molecule has 0 saturated carbocycles. The van der Waals surface area contributed by atoms with Gasteiger partial charge in [-0.05, 0) is 38.1 Å². The Morgan fingerprint density at radius 2 is 2.00 bits per heavy atom. The molecule has 0 aromatic rings. The second-order valence-electron chi connectivity index (χ2n) is 5.01. The molecular formula is C13H28N2O. The first kappa shape index (κ1) is 13.9. The quantitative estimate of drug-likeness (QED) is 0.723. The molecule has 1 heterocycles. The van der Waals surface area contributed by atoms with Gasteiger partial charge in [0.1, 0.15) is 0 Å². The van der Waals surface area contributed by atoms with Crippen molar-refractivity contribution in [2.75, 3.05) is 32.8 Å². The molecule has 0 aromatic heterocycles. The van der Waals surface area contributed by atoms with Gasteiger partial charge in [-0.25, -0.2) is 0 Å². The zero-order valence-corrected chi connectivity index (χ0v) is 11.2. The highest BCUT2D eigenvalue weighted by molar-refractivity contribution is 4.88. The predicted octanol–water partition coefficient (Wildman–Crippen LogP) is 1.86. The Balaban J connectivity index is 2.40. The molecule has 0 spiro atoms. The highest BCUT2D eigenvalue weighted by atomic mass is 16.5. The molecular weight excluding hydrogens is 200 g/mol. The van der Waals surface area contributed by atoms with Crippen LogP contribution in [0.1, 0.15) is 40.0 Å². The largest absolute Gasteiger partial charge is 0.376 e. The molecule has 2 N–H and O–H groups in total. The number of nitrogens with two attached hydrogens (primary N) is 1. The van der Waals surface area contributed by atoms with Crippen LogP contribution in [0.25, 0.3) is 0 Å². The Morgan fingerprint density at radius 3 is 2.44 bits per heavy atom. The Kier molecular flexibility index (Phi) is 5.73. The van der Waals surface area contributed by atoms with Crippen LogP contribution in [0.4, 0.5) is 0 Å². The number of nitrogens with zero attached hydrogens (tertiary/aromatic N) is 1. The predicted molar refractivity (Wildman–Crippen MR) is 68.5 cm³/mol. The van der Waals surface area contributed by atoms with Gasteiger partial charge in [-0.1, -0.05) is 13.8 Å². The summed E-state index contributed by atoms with van der Waals surface area (Å²) in [5.41, 5.74) is 6.28. The van der Waals surface area contributed by atoms with Crippen molar-refractivity contribution in [3.8, 4) is 0 Å². The third-order valence-electron chi connectivity index (χ3n) is 4.14. The molecule has 3 heteroatoms. The van der Waals surface area contributed by atoms with Crippen LogP contribution in [-0.2, 0) is 4.74 Å². The summed E-state index contributed by atoms with van der Waals surface area (Å²) < 4.78 is 5.62. The van der Waals surface area contributed by atoms with Gasteiger partial charge < -0.3 is 15.4 Å². The van der Waals surface area contributed by atoms with E-state index in [9.17, 15) is 0 Å².